The zero-order chi connectivity index (χ0) is 13.1. The maximum atomic E-state index is 12.0. The molecule has 1 atom stereocenters. The number of carbonyl (C=O) groups excluding carboxylic acids is 1. The minimum absolute atomic E-state index is 0.179. The van der Waals surface area contributed by atoms with E-state index in [9.17, 15) is 4.79 Å². The van der Waals surface area contributed by atoms with Crippen LogP contribution in [0.2, 0.25) is 0 Å². The van der Waals surface area contributed by atoms with E-state index in [4.69, 9.17) is 5.26 Å². The van der Waals surface area contributed by atoms with Crippen molar-refractivity contribution >= 4 is 27.5 Å². The van der Waals surface area contributed by atoms with Gasteiger partial charge in [0.05, 0.1) is 11.6 Å². The van der Waals surface area contributed by atoms with Crippen molar-refractivity contribution in [2.45, 2.75) is 19.8 Å². The van der Waals surface area contributed by atoms with Crippen LogP contribution < -0.4 is 4.90 Å². The Kier molecular flexibility index (Phi) is 4.03. The smallest absolute Gasteiger partial charge is 0.227 e. The molecule has 0 radical (unpaired) electrons. The molecule has 0 saturated carbocycles. The maximum Gasteiger partial charge on any atom is 0.227 e. The highest BCUT2D eigenvalue weighted by Gasteiger charge is 2.30. The van der Waals surface area contributed by atoms with Gasteiger partial charge in [0, 0.05) is 24.0 Å². The van der Waals surface area contributed by atoms with E-state index in [1.165, 1.54) is 0 Å². The molecule has 2 rings (SSSR count). The molecule has 1 heterocycles. The highest BCUT2D eigenvalue weighted by Crippen LogP contribution is 2.29. The van der Waals surface area contributed by atoms with E-state index < -0.39 is 0 Å². The molecule has 1 aliphatic heterocycles. The lowest BCUT2D eigenvalue weighted by Crippen LogP contribution is -2.25. The Morgan fingerprint density at radius 1 is 1.56 bits per heavy atom. The summed E-state index contributed by atoms with van der Waals surface area (Å²) >= 11 is 3.44. The molecule has 0 bridgehead atoms. The van der Waals surface area contributed by atoms with Gasteiger partial charge < -0.3 is 4.90 Å². The SMILES string of the molecule is CCc1cc(C#N)ccc1N1CC(CBr)CC1=O. The van der Waals surface area contributed by atoms with Gasteiger partial charge in [-0.25, -0.2) is 0 Å². The lowest BCUT2D eigenvalue weighted by molar-refractivity contribution is -0.117. The molecule has 1 amide bonds. The normalized spacial score (nSPS) is 19.1. The monoisotopic (exact) mass is 306 g/mol. The van der Waals surface area contributed by atoms with Gasteiger partial charge in [-0.3, -0.25) is 4.79 Å². The number of nitrogens with zero attached hydrogens (tertiary/aromatic N) is 2. The first kappa shape index (κ1) is 13.1. The van der Waals surface area contributed by atoms with E-state index in [-0.39, 0.29) is 5.91 Å². The molecule has 1 aromatic rings. The fourth-order valence-electron chi connectivity index (χ4n) is 2.32. The van der Waals surface area contributed by atoms with Gasteiger partial charge in [0.2, 0.25) is 5.91 Å². The molecule has 18 heavy (non-hydrogen) atoms. The molecule has 1 unspecified atom stereocenters. The summed E-state index contributed by atoms with van der Waals surface area (Å²) in [6, 6.07) is 7.69. The number of halogens is 1. The van der Waals surface area contributed by atoms with Crippen LogP contribution >= 0.6 is 15.9 Å². The molecule has 94 valence electrons. The topological polar surface area (TPSA) is 44.1 Å². The zero-order valence-electron chi connectivity index (χ0n) is 10.3. The van der Waals surface area contributed by atoms with Crippen molar-refractivity contribution in [3.63, 3.8) is 0 Å². The minimum Gasteiger partial charge on any atom is -0.312 e. The van der Waals surface area contributed by atoms with Gasteiger partial charge in [-0.05, 0) is 36.1 Å². The summed E-state index contributed by atoms with van der Waals surface area (Å²) in [5, 5.41) is 9.76. The second kappa shape index (κ2) is 5.53. The number of anilines is 1. The van der Waals surface area contributed by atoms with Crippen molar-refractivity contribution in [3.8, 4) is 6.07 Å². The van der Waals surface area contributed by atoms with Crippen LogP contribution in [0.4, 0.5) is 5.69 Å². The first-order chi connectivity index (χ1) is 8.69. The number of alkyl halides is 1. The molecule has 3 nitrogen and oxygen atoms in total. The molecule has 0 aliphatic carbocycles. The summed E-state index contributed by atoms with van der Waals surface area (Å²) in [7, 11) is 0. The number of benzene rings is 1. The second-order valence-electron chi connectivity index (χ2n) is 4.54. The molecule has 0 aromatic heterocycles. The van der Waals surface area contributed by atoms with Gasteiger partial charge in [0.1, 0.15) is 0 Å². The predicted octanol–water partition coefficient (Wildman–Crippen LogP) is 2.87. The van der Waals surface area contributed by atoms with Gasteiger partial charge >= 0.3 is 0 Å². The number of amides is 1. The second-order valence-corrected chi connectivity index (χ2v) is 5.19. The van der Waals surface area contributed by atoms with Crippen LogP contribution in [0.15, 0.2) is 18.2 Å². The standard InChI is InChI=1S/C14H15BrN2O/c1-2-12-5-10(8-16)3-4-13(12)17-9-11(7-15)6-14(17)18/h3-5,11H,2,6-7,9H2,1H3. The fraction of sp³-hybridized carbons (Fsp3) is 0.429. The van der Waals surface area contributed by atoms with Crippen molar-refractivity contribution in [1.82, 2.24) is 0 Å². The summed E-state index contributed by atoms with van der Waals surface area (Å²) in [6.07, 6.45) is 1.43. The van der Waals surface area contributed by atoms with E-state index in [1.807, 2.05) is 24.0 Å². The van der Waals surface area contributed by atoms with Crippen LogP contribution in [-0.2, 0) is 11.2 Å². The number of hydrogen-bond acceptors (Lipinski definition) is 2. The summed E-state index contributed by atoms with van der Waals surface area (Å²) in [4.78, 5) is 13.9. The van der Waals surface area contributed by atoms with Crippen LogP contribution in [0, 0.1) is 17.2 Å². The van der Waals surface area contributed by atoms with E-state index in [2.05, 4.69) is 22.0 Å². The Balaban J connectivity index is 2.34. The van der Waals surface area contributed by atoms with Crippen LogP contribution in [0.3, 0.4) is 0 Å². The van der Waals surface area contributed by atoms with Gasteiger partial charge in [-0.15, -0.1) is 0 Å². The molecular formula is C14H15BrN2O. The molecule has 1 aromatic carbocycles. The van der Waals surface area contributed by atoms with Crippen molar-refractivity contribution in [2.75, 3.05) is 16.8 Å². The van der Waals surface area contributed by atoms with Gasteiger partial charge in [-0.1, -0.05) is 22.9 Å². The number of carbonyl (C=O) groups is 1. The van der Waals surface area contributed by atoms with E-state index in [0.717, 1.165) is 29.5 Å². The summed E-state index contributed by atoms with van der Waals surface area (Å²) in [5.74, 6) is 0.566. The summed E-state index contributed by atoms with van der Waals surface area (Å²) < 4.78 is 0. The lowest BCUT2D eigenvalue weighted by atomic mass is 10.1. The van der Waals surface area contributed by atoms with Crippen molar-refractivity contribution in [1.29, 1.82) is 5.26 Å². The van der Waals surface area contributed by atoms with Crippen LogP contribution in [0.5, 0.6) is 0 Å². The van der Waals surface area contributed by atoms with E-state index in [1.54, 1.807) is 6.07 Å². The van der Waals surface area contributed by atoms with Gasteiger partial charge in [-0.2, -0.15) is 5.26 Å². The third-order valence-corrected chi connectivity index (χ3v) is 4.22. The molecule has 1 saturated heterocycles. The average Bonchev–Trinajstić information content (AvgIpc) is 2.79. The molecular weight excluding hydrogens is 292 g/mol. The Hall–Kier alpha value is -1.34. The number of rotatable bonds is 3. The Labute approximate surface area is 116 Å². The third-order valence-electron chi connectivity index (χ3n) is 3.30. The summed E-state index contributed by atoms with van der Waals surface area (Å²) in [5.41, 5.74) is 2.68. The van der Waals surface area contributed by atoms with Crippen molar-refractivity contribution in [3.05, 3.63) is 29.3 Å². The zero-order valence-corrected chi connectivity index (χ0v) is 11.9. The largest absolute Gasteiger partial charge is 0.312 e. The molecule has 0 spiro atoms. The van der Waals surface area contributed by atoms with Crippen molar-refractivity contribution in [2.24, 2.45) is 5.92 Å². The first-order valence-corrected chi connectivity index (χ1v) is 7.21. The fourth-order valence-corrected chi connectivity index (χ4v) is 2.75. The predicted molar refractivity (Wildman–Crippen MR) is 74.8 cm³/mol. The average molecular weight is 307 g/mol. The van der Waals surface area contributed by atoms with Crippen LogP contribution in [0.25, 0.3) is 0 Å². The highest BCUT2D eigenvalue weighted by molar-refractivity contribution is 9.09. The Morgan fingerprint density at radius 2 is 2.33 bits per heavy atom. The molecule has 4 heteroatoms. The first-order valence-electron chi connectivity index (χ1n) is 6.09. The lowest BCUT2D eigenvalue weighted by Gasteiger charge is -2.20. The summed E-state index contributed by atoms with van der Waals surface area (Å²) in [6.45, 7) is 2.81. The van der Waals surface area contributed by atoms with E-state index in [0.29, 0.717) is 17.9 Å². The minimum atomic E-state index is 0.179. The van der Waals surface area contributed by atoms with Gasteiger partial charge in [0.15, 0.2) is 0 Å². The Morgan fingerprint density at radius 3 is 2.89 bits per heavy atom. The Bertz CT molecular complexity index is 507. The van der Waals surface area contributed by atoms with Crippen molar-refractivity contribution < 1.29 is 4.79 Å². The third kappa shape index (κ3) is 2.41. The quantitative estimate of drug-likeness (QED) is 0.806. The van der Waals surface area contributed by atoms with E-state index >= 15 is 0 Å². The van der Waals surface area contributed by atoms with Crippen LogP contribution in [-0.4, -0.2) is 17.8 Å². The highest BCUT2D eigenvalue weighted by atomic mass is 79.9. The maximum absolute atomic E-state index is 12.0. The molecule has 1 aliphatic rings. The number of hydrogen-bond donors (Lipinski definition) is 0. The van der Waals surface area contributed by atoms with Gasteiger partial charge in [0.25, 0.3) is 0 Å². The number of aryl methyl sites for hydroxylation is 1. The molecule has 1 fully saturated rings. The molecule has 0 N–H and O–H groups in total. The van der Waals surface area contributed by atoms with Crippen LogP contribution in [0.1, 0.15) is 24.5 Å². The number of nitriles is 1.